The van der Waals surface area contributed by atoms with Gasteiger partial charge in [-0.1, -0.05) is 32.1 Å². The van der Waals surface area contributed by atoms with Gasteiger partial charge in [-0.25, -0.2) is 0 Å². The quantitative estimate of drug-likeness (QED) is 0.649. The lowest BCUT2D eigenvalue weighted by atomic mass is 9.49. The Hall–Kier alpha value is -0.890. The van der Waals surface area contributed by atoms with Crippen LogP contribution < -0.4 is 0 Å². The first-order valence-electron chi connectivity index (χ1n) is 6.47. The summed E-state index contributed by atoms with van der Waals surface area (Å²) in [4.78, 5) is 11.2. The molecule has 2 heteroatoms. The van der Waals surface area contributed by atoms with Gasteiger partial charge in [-0.15, -0.1) is 0 Å². The highest BCUT2D eigenvalue weighted by Gasteiger charge is 2.66. The molecule has 0 aromatic carbocycles. The molecule has 0 aromatic rings. The molecule has 3 rings (SSSR count). The van der Waals surface area contributed by atoms with E-state index >= 15 is 0 Å². The van der Waals surface area contributed by atoms with Gasteiger partial charge in [-0.05, 0) is 37.2 Å². The Morgan fingerprint density at radius 3 is 2.76 bits per heavy atom. The molecule has 3 aliphatic rings. The Labute approximate surface area is 103 Å². The predicted molar refractivity (Wildman–Crippen MR) is 66.6 cm³/mol. The third-order valence-corrected chi connectivity index (χ3v) is 5.11. The van der Waals surface area contributed by atoms with Crippen LogP contribution in [-0.2, 0) is 9.53 Å². The molecule has 2 bridgehead atoms. The Morgan fingerprint density at radius 1 is 1.35 bits per heavy atom. The minimum Gasteiger partial charge on any atom is -0.364 e. The summed E-state index contributed by atoms with van der Waals surface area (Å²) in [6, 6.07) is 0. The van der Waals surface area contributed by atoms with Crippen molar-refractivity contribution in [1.82, 2.24) is 0 Å². The van der Waals surface area contributed by atoms with Crippen molar-refractivity contribution in [1.29, 1.82) is 0 Å². The van der Waals surface area contributed by atoms with E-state index in [1.165, 1.54) is 0 Å². The van der Waals surface area contributed by atoms with Gasteiger partial charge in [0.05, 0.1) is 11.2 Å². The highest BCUT2D eigenvalue weighted by atomic mass is 16.5. The number of aldehydes is 1. The van der Waals surface area contributed by atoms with Crippen molar-refractivity contribution in [2.45, 2.75) is 51.2 Å². The molecule has 92 valence electrons. The van der Waals surface area contributed by atoms with Crippen LogP contribution in [0.4, 0.5) is 0 Å². The van der Waals surface area contributed by atoms with Crippen LogP contribution >= 0.6 is 0 Å². The summed E-state index contributed by atoms with van der Waals surface area (Å²) >= 11 is 0. The van der Waals surface area contributed by atoms with Gasteiger partial charge in [0.1, 0.15) is 6.29 Å². The first-order chi connectivity index (χ1) is 7.93. The first kappa shape index (κ1) is 11.2. The van der Waals surface area contributed by atoms with Crippen LogP contribution in [0.15, 0.2) is 23.8 Å². The van der Waals surface area contributed by atoms with Gasteiger partial charge in [0.25, 0.3) is 0 Å². The highest BCUT2D eigenvalue weighted by molar-refractivity contribution is 5.76. The Balaban J connectivity index is 2.10. The lowest BCUT2D eigenvalue weighted by Gasteiger charge is -2.60. The number of carbonyl (C=O) groups excluding carboxylic acids is 1. The van der Waals surface area contributed by atoms with Crippen molar-refractivity contribution in [2.75, 3.05) is 0 Å². The normalized spacial score (nSPS) is 51.2. The fourth-order valence-electron chi connectivity index (χ4n) is 3.97. The zero-order chi connectivity index (χ0) is 12.3. The second kappa shape index (κ2) is 3.11. The van der Waals surface area contributed by atoms with Crippen LogP contribution in [0.2, 0.25) is 0 Å². The van der Waals surface area contributed by atoms with Gasteiger partial charge in [0.2, 0.25) is 0 Å². The Kier molecular flexibility index (Phi) is 2.05. The van der Waals surface area contributed by atoms with E-state index in [2.05, 4.69) is 26.8 Å². The number of hydrogen-bond acceptors (Lipinski definition) is 2. The number of carbonyl (C=O) groups is 1. The second-order valence-corrected chi connectivity index (χ2v) is 6.59. The van der Waals surface area contributed by atoms with Gasteiger partial charge in [-0.3, -0.25) is 4.79 Å². The third-order valence-electron chi connectivity index (χ3n) is 5.11. The molecular formula is C15H20O2. The molecule has 1 saturated heterocycles. The van der Waals surface area contributed by atoms with Crippen molar-refractivity contribution in [3.8, 4) is 0 Å². The van der Waals surface area contributed by atoms with Crippen LogP contribution in [0.3, 0.4) is 0 Å². The van der Waals surface area contributed by atoms with Gasteiger partial charge in [0.15, 0.2) is 0 Å². The van der Waals surface area contributed by atoms with Crippen molar-refractivity contribution in [2.24, 2.45) is 11.3 Å². The van der Waals surface area contributed by atoms with Gasteiger partial charge >= 0.3 is 0 Å². The molecule has 2 heterocycles. The molecule has 1 aliphatic carbocycles. The molecule has 2 aliphatic heterocycles. The molecule has 1 saturated carbocycles. The maximum absolute atomic E-state index is 11.2. The van der Waals surface area contributed by atoms with E-state index in [1.807, 2.05) is 12.2 Å². The van der Waals surface area contributed by atoms with Crippen LogP contribution in [0.25, 0.3) is 0 Å². The average molecular weight is 232 g/mol. The Bertz CT molecular complexity index is 432. The van der Waals surface area contributed by atoms with Crippen LogP contribution in [0, 0.1) is 11.3 Å². The fourth-order valence-corrected chi connectivity index (χ4v) is 3.97. The number of rotatable bonds is 1. The van der Waals surface area contributed by atoms with E-state index in [0.717, 1.165) is 31.1 Å². The lowest BCUT2D eigenvalue weighted by Crippen LogP contribution is -2.62. The molecule has 0 aromatic heterocycles. The van der Waals surface area contributed by atoms with E-state index in [0.29, 0.717) is 5.92 Å². The molecule has 0 unspecified atom stereocenters. The maximum atomic E-state index is 11.2. The summed E-state index contributed by atoms with van der Waals surface area (Å²) in [6.07, 6.45) is 10.3. The number of hydrogen-bond donors (Lipinski definition) is 0. The highest BCUT2D eigenvalue weighted by Crippen LogP contribution is 2.65. The van der Waals surface area contributed by atoms with E-state index in [1.54, 1.807) is 0 Å². The molecule has 0 N–H and O–H groups in total. The number of fused-ring (bicyclic) bond motifs is 1. The van der Waals surface area contributed by atoms with E-state index in [9.17, 15) is 4.79 Å². The zero-order valence-corrected chi connectivity index (χ0v) is 10.8. The van der Waals surface area contributed by atoms with Crippen molar-refractivity contribution < 1.29 is 9.53 Å². The van der Waals surface area contributed by atoms with Gasteiger partial charge in [0, 0.05) is 5.92 Å². The predicted octanol–water partition coefficient (Wildman–Crippen LogP) is 3.04. The summed E-state index contributed by atoms with van der Waals surface area (Å²) < 4.78 is 6.44. The molecule has 2 fully saturated rings. The van der Waals surface area contributed by atoms with Crippen molar-refractivity contribution in [3.05, 3.63) is 23.8 Å². The lowest BCUT2D eigenvalue weighted by molar-refractivity contribution is -0.225. The summed E-state index contributed by atoms with van der Waals surface area (Å²) in [5.41, 5.74) is 0.840. The molecule has 2 nitrogen and oxygen atoms in total. The zero-order valence-electron chi connectivity index (χ0n) is 10.8. The van der Waals surface area contributed by atoms with Crippen LogP contribution in [0.1, 0.15) is 40.0 Å². The van der Waals surface area contributed by atoms with Crippen LogP contribution in [-0.4, -0.2) is 17.5 Å². The Morgan fingerprint density at radius 2 is 2.12 bits per heavy atom. The summed E-state index contributed by atoms with van der Waals surface area (Å²) in [5, 5.41) is 0. The summed E-state index contributed by atoms with van der Waals surface area (Å²) in [7, 11) is 0. The fraction of sp³-hybridized carbons (Fsp3) is 0.667. The molecule has 0 radical (unpaired) electrons. The largest absolute Gasteiger partial charge is 0.364 e. The second-order valence-electron chi connectivity index (χ2n) is 6.59. The van der Waals surface area contributed by atoms with Gasteiger partial charge < -0.3 is 4.74 Å². The monoisotopic (exact) mass is 232 g/mol. The first-order valence-corrected chi connectivity index (χ1v) is 6.47. The van der Waals surface area contributed by atoms with Crippen LogP contribution in [0.5, 0.6) is 0 Å². The standard InChI is InChI=1S/C15H20O2/c1-13(2)9-12-11(10-16)5-4-6-14(3)7-8-15(12,13)17-14/h4-6,10,12H,7-9H2,1-3H3/b6-4-,11-5+/t12-,14+,15+/m1/s1. The molecule has 1 spiro atoms. The van der Waals surface area contributed by atoms with E-state index in [-0.39, 0.29) is 16.6 Å². The maximum Gasteiger partial charge on any atom is 0.146 e. The minimum absolute atomic E-state index is 0.112. The number of allylic oxidation sites excluding steroid dienone is 2. The number of ether oxygens (including phenoxy) is 1. The third kappa shape index (κ3) is 1.28. The van der Waals surface area contributed by atoms with E-state index < -0.39 is 0 Å². The summed E-state index contributed by atoms with van der Waals surface area (Å²) in [5.74, 6) is 0.293. The smallest absolute Gasteiger partial charge is 0.146 e. The molecule has 17 heavy (non-hydrogen) atoms. The minimum atomic E-state index is -0.138. The molecular weight excluding hydrogens is 212 g/mol. The summed E-state index contributed by atoms with van der Waals surface area (Å²) in [6.45, 7) is 6.69. The topological polar surface area (TPSA) is 26.3 Å². The van der Waals surface area contributed by atoms with Crippen molar-refractivity contribution in [3.63, 3.8) is 0 Å². The van der Waals surface area contributed by atoms with Gasteiger partial charge in [-0.2, -0.15) is 0 Å². The molecule has 3 atom stereocenters. The van der Waals surface area contributed by atoms with Crippen molar-refractivity contribution >= 4 is 6.29 Å². The SMILES string of the molecule is CC1(C)C[C@@H]2/C(C=O)=C/C=C\[C@@]3(C)CC[C@]21O3. The van der Waals surface area contributed by atoms with E-state index in [4.69, 9.17) is 4.74 Å². The molecule has 0 amide bonds. The average Bonchev–Trinajstić information content (AvgIpc) is 2.64.